The third kappa shape index (κ3) is 3.33. The zero-order valence-corrected chi connectivity index (χ0v) is 14.4. The lowest BCUT2D eigenvalue weighted by molar-refractivity contribution is 0.592. The molecule has 0 spiro atoms. The van der Waals surface area contributed by atoms with Crippen molar-refractivity contribution in [1.29, 1.82) is 0 Å². The lowest BCUT2D eigenvalue weighted by atomic mass is 10.0. The Labute approximate surface area is 133 Å². The maximum absolute atomic E-state index is 12.8. The van der Waals surface area contributed by atoms with Crippen molar-refractivity contribution in [3.63, 3.8) is 0 Å². The second-order valence-electron chi connectivity index (χ2n) is 5.73. The van der Waals surface area contributed by atoms with Crippen LogP contribution in [0.5, 0.6) is 0 Å². The van der Waals surface area contributed by atoms with E-state index in [9.17, 15) is 8.42 Å². The van der Waals surface area contributed by atoms with Crippen LogP contribution in [0.1, 0.15) is 37.8 Å². The lowest BCUT2D eigenvalue weighted by Crippen LogP contribution is -2.30. The molecule has 0 saturated heterocycles. The van der Waals surface area contributed by atoms with Gasteiger partial charge in [0.05, 0.1) is 10.6 Å². The molecule has 0 aliphatic carbocycles. The molecule has 0 fully saturated rings. The molecule has 0 aromatic heterocycles. The van der Waals surface area contributed by atoms with E-state index in [-0.39, 0.29) is 0 Å². The average Bonchev–Trinajstić information content (AvgIpc) is 2.48. The Morgan fingerprint density at radius 3 is 1.95 bits per heavy atom. The fraction of sp³-hybridized carbons (Fsp3) is 0.333. The molecule has 0 saturated carbocycles. The van der Waals surface area contributed by atoms with E-state index in [1.807, 2.05) is 50.2 Å². The van der Waals surface area contributed by atoms with Crippen LogP contribution in [0, 0.1) is 6.92 Å². The van der Waals surface area contributed by atoms with E-state index in [2.05, 4.69) is 13.8 Å². The van der Waals surface area contributed by atoms with Crippen LogP contribution in [0.15, 0.2) is 53.4 Å². The summed E-state index contributed by atoms with van der Waals surface area (Å²) in [7, 11) is -3.52. The highest BCUT2D eigenvalue weighted by Crippen LogP contribution is 2.25. The van der Waals surface area contributed by atoms with Gasteiger partial charge < -0.3 is 0 Å². The molecule has 0 amide bonds. The summed E-state index contributed by atoms with van der Waals surface area (Å²) in [6, 6.07) is 14.7. The molecule has 0 radical (unpaired) electrons. The summed E-state index contributed by atoms with van der Waals surface area (Å²) in [5.41, 5.74) is 2.95. The molecule has 2 aromatic carbocycles. The van der Waals surface area contributed by atoms with Gasteiger partial charge in [0.15, 0.2) is 0 Å². The van der Waals surface area contributed by atoms with Gasteiger partial charge in [-0.1, -0.05) is 43.7 Å². The molecular weight excluding hydrogens is 294 g/mol. The Balaban J connectivity index is 2.40. The number of nitrogens with zero attached hydrogens (tertiary/aromatic N) is 1. The van der Waals surface area contributed by atoms with Crippen molar-refractivity contribution in [2.24, 2.45) is 0 Å². The van der Waals surface area contributed by atoms with E-state index < -0.39 is 10.0 Å². The summed E-state index contributed by atoms with van der Waals surface area (Å²) in [6.45, 7) is 8.43. The fourth-order valence-corrected chi connectivity index (χ4v) is 3.83. The Morgan fingerprint density at radius 1 is 0.955 bits per heavy atom. The number of hydrogen-bond acceptors (Lipinski definition) is 2. The van der Waals surface area contributed by atoms with Gasteiger partial charge in [0, 0.05) is 6.54 Å². The summed E-state index contributed by atoms with van der Waals surface area (Å²) in [5, 5.41) is 0. The van der Waals surface area contributed by atoms with Crippen molar-refractivity contribution in [2.45, 2.75) is 38.5 Å². The standard InChI is InChI=1S/C18H23NO2S/c1-5-19(17-10-8-16(9-11-17)14(2)3)22(20,21)18-12-6-15(4)7-13-18/h6-14H,5H2,1-4H3. The molecule has 2 rings (SSSR count). The van der Waals surface area contributed by atoms with Gasteiger partial charge in [-0.05, 0) is 49.6 Å². The van der Waals surface area contributed by atoms with E-state index in [1.54, 1.807) is 12.1 Å². The zero-order valence-electron chi connectivity index (χ0n) is 13.6. The van der Waals surface area contributed by atoms with Crippen LogP contribution in [0.4, 0.5) is 5.69 Å². The van der Waals surface area contributed by atoms with Crippen LogP contribution < -0.4 is 4.31 Å². The highest BCUT2D eigenvalue weighted by Gasteiger charge is 2.23. The predicted molar refractivity (Wildman–Crippen MR) is 91.9 cm³/mol. The van der Waals surface area contributed by atoms with Gasteiger partial charge >= 0.3 is 0 Å². The predicted octanol–water partition coefficient (Wildman–Crippen LogP) is 4.33. The van der Waals surface area contributed by atoms with E-state index in [0.717, 1.165) is 5.56 Å². The maximum atomic E-state index is 12.8. The van der Waals surface area contributed by atoms with Crippen LogP contribution in [0.25, 0.3) is 0 Å². The van der Waals surface area contributed by atoms with Gasteiger partial charge in [0.2, 0.25) is 0 Å². The molecule has 22 heavy (non-hydrogen) atoms. The smallest absolute Gasteiger partial charge is 0.264 e. The van der Waals surface area contributed by atoms with Crippen molar-refractivity contribution < 1.29 is 8.42 Å². The zero-order chi connectivity index (χ0) is 16.3. The van der Waals surface area contributed by atoms with Gasteiger partial charge in [0.1, 0.15) is 0 Å². The van der Waals surface area contributed by atoms with Crippen molar-refractivity contribution in [3.8, 4) is 0 Å². The van der Waals surface area contributed by atoms with E-state index >= 15 is 0 Å². The molecule has 0 N–H and O–H groups in total. The molecule has 0 unspecified atom stereocenters. The molecule has 0 heterocycles. The number of anilines is 1. The second-order valence-corrected chi connectivity index (χ2v) is 7.59. The largest absolute Gasteiger partial charge is 0.267 e. The molecular formula is C18H23NO2S. The average molecular weight is 317 g/mol. The molecule has 0 aliphatic heterocycles. The number of aryl methyl sites for hydroxylation is 1. The van der Waals surface area contributed by atoms with Gasteiger partial charge in [-0.15, -0.1) is 0 Å². The van der Waals surface area contributed by atoms with Gasteiger partial charge in [-0.3, -0.25) is 4.31 Å². The summed E-state index contributed by atoms with van der Waals surface area (Å²) in [4.78, 5) is 0.327. The van der Waals surface area contributed by atoms with E-state index in [4.69, 9.17) is 0 Å². The van der Waals surface area contributed by atoms with E-state index in [1.165, 1.54) is 9.87 Å². The third-order valence-electron chi connectivity index (χ3n) is 3.74. The van der Waals surface area contributed by atoms with E-state index in [0.29, 0.717) is 23.0 Å². The molecule has 118 valence electrons. The number of benzene rings is 2. The lowest BCUT2D eigenvalue weighted by Gasteiger charge is -2.23. The van der Waals surface area contributed by atoms with Gasteiger partial charge in [0.25, 0.3) is 10.0 Å². The van der Waals surface area contributed by atoms with Crippen LogP contribution in [0.2, 0.25) is 0 Å². The van der Waals surface area contributed by atoms with Crippen molar-refractivity contribution in [3.05, 3.63) is 59.7 Å². The first-order valence-corrected chi connectivity index (χ1v) is 8.99. The van der Waals surface area contributed by atoms with Crippen LogP contribution in [-0.4, -0.2) is 15.0 Å². The second kappa shape index (κ2) is 6.53. The first kappa shape index (κ1) is 16.6. The highest BCUT2D eigenvalue weighted by molar-refractivity contribution is 7.92. The summed E-state index contributed by atoms with van der Waals surface area (Å²) in [5.74, 6) is 0.429. The monoisotopic (exact) mass is 317 g/mol. The molecule has 2 aromatic rings. The Morgan fingerprint density at radius 2 is 1.50 bits per heavy atom. The van der Waals surface area contributed by atoms with Crippen molar-refractivity contribution in [1.82, 2.24) is 0 Å². The quantitative estimate of drug-likeness (QED) is 0.823. The topological polar surface area (TPSA) is 37.4 Å². The molecule has 0 aliphatic rings. The Bertz CT molecular complexity index is 717. The minimum atomic E-state index is -3.52. The minimum Gasteiger partial charge on any atom is -0.267 e. The van der Waals surface area contributed by atoms with Gasteiger partial charge in [-0.2, -0.15) is 0 Å². The fourth-order valence-electron chi connectivity index (χ4n) is 2.35. The summed E-state index contributed by atoms with van der Waals surface area (Å²) >= 11 is 0. The van der Waals surface area contributed by atoms with Crippen LogP contribution in [0.3, 0.4) is 0 Å². The minimum absolute atomic E-state index is 0.327. The Hall–Kier alpha value is -1.81. The normalized spacial score (nSPS) is 11.7. The third-order valence-corrected chi connectivity index (χ3v) is 5.66. The highest BCUT2D eigenvalue weighted by atomic mass is 32.2. The summed E-state index contributed by atoms with van der Waals surface area (Å²) < 4.78 is 27.1. The molecule has 4 heteroatoms. The number of hydrogen-bond donors (Lipinski definition) is 0. The molecule has 3 nitrogen and oxygen atoms in total. The van der Waals surface area contributed by atoms with Crippen LogP contribution in [-0.2, 0) is 10.0 Å². The SMILES string of the molecule is CCN(c1ccc(C(C)C)cc1)S(=O)(=O)c1ccc(C)cc1. The molecule has 0 bridgehead atoms. The number of rotatable bonds is 5. The van der Waals surface area contributed by atoms with Crippen molar-refractivity contribution >= 4 is 15.7 Å². The summed E-state index contributed by atoms with van der Waals surface area (Å²) in [6.07, 6.45) is 0. The first-order valence-electron chi connectivity index (χ1n) is 7.55. The van der Waals surface area contributed by atoms with Crippen LogP contribution >= 0.6 is 0 Å². The maximum Gasteiger partial charge on any atom is 0.264 e. The van der Waals surface area contributed by atoms with Gasteiger partial charge in [-0.25, -0.2) is 8.42 Å². The van der Waals surface area contributed by atoms with Crippen molar-refractivity contribution in [2.75, 3.05) is 10.8 Å². The Kier molecular flexibility index (Phi) is 4.91. The number of sulfonamides is 1. The molecule has 0 atom stereocenters. The first-order chi connectivity index (χ1) is 10.4.